The summed E-state index contributed by atoms with van der Waals surface area (Å²) in [6, 6.07) is 0. The largest absolute Gasteiger partial charge is 0.370 e. The Morgan fingerprint density at radius 1 is 1.08 bits per heavy atom. The fourth-order valence-electron chi connectivity index (χ4n) is 1.72. The molecule has 1 rings (SSSR count). The number of hydrogen-bond acceptors (Lipinski definition) is 1. The molecule has 0 amide bonds. The summed E-state index contributed by atoms with van der Waals surface area (Å²) in [5, 5.41) is 0. The van der Waals surface area contributed by atoms with Gasteiger partial charge in [0.15, 0.2) is 0 Å². The first-order valence-electron chi connectivity index (χ1n) is 4.48. The van der Waals surface area contributed by atoms with Crippen LogP contribution in [0.5, 0.6) is 0 Å². The van der Waals surface area contributed by atoms with E-state index < -0.39 is 0 Å². The van der Waals surface area contributed by atoms with Gasteiger partial charge in [-0.25, -0.2) is 0 Å². The Balaban J connectivity index is 2.55. The van der Waals surface area contributed by atoms with Crippen LogP contribution in [0.25, 0.3) is 0 Å². The number of hydrogen-bond donors (Lipinski definition) is 0. The molecule has 0 aliphatic carbocycles. The monoisotopic (exact) mass is 168 g/mol. The molecule has 0 atom stereocenters. The minimum Gasteiger partial charge on any atom is -0.370 e. The van der Waals surface area contributed by atoms with Gasteiger partial charge in [-0.15, -0.1) is 0 Å². The topological polar surface area (TPSA) is 9.23 Å². The summed E-state index contributed by atoms with van der Waals surface area (Å²) >= 11 is 0. The van der Waals surface area contributed by atoms with Gasteiger partial charge in [0.05, 0.1) is 26.3 Å². The lowest BCUT2D eigenvalue weighted by molar-refractivity contribution is -0.924. The van der Waals surface area contributed by atoms with Gasteiger partial charge in [-0.2, -0.15) is 0 Å². The molecule has 68 valence electrons. The highest BCUT2D eigenvalue weighted by molar-refractivity contribution is 4.72. The highest BCUT2D eigenvalue weighted by Crippen LogP contribution is 2.11. The van der Waals surface area contributed by atoms with Crippen molar-refractivity contribution in [2.24, 2.45) is 0 Å². The third-order valence-electron chi connectivity index (χ3n) is 2.45. The Hall–Kier alpha value is -0.600. The molecular formula is C10H18NO+. The van der Waals surface area contributed by atoms with Crippen LogP contribution in [0.15, 0.2) is 25.3 Å². The number of ether oxygens (including phenoxy) is 1. The summed E-state index contributed by atoms with van der Waals surface area (Å²) in [5.74, 6) is 0. The predicted molar refractivity (Wildman–Crippen MR) is 50.9 cm³/mol. The number of quaternary nitrogens is 1. The first-order valence-corrected chi connectivity index (χ1v) is 4.48. The highest BCUT2D eigenvalue weighted by Gasteiger charge is 2.27. The van der Waals surface area contributed by atoms with Crippen molar-refractivity contribution in [2.45, 2.75) is 0 Å². The van der Waals surface area contributed by atoms with E-state index in [2.05, 4.69) is 13.2 Å². The average Bonchev–Trinajstić information content (AvgIpc) is 2.07. The molecule has 0 radical (unpaired) electrons. The Morgan fingerprint density at radius 3 is 2.00 bits per heavy atom. The second-order valence-corrected chi connectivity index (χ2v) is 3.34. The lowest BCUT2D eigenvalue weighted by Crippen LogP contribution is -2.55. The van der Waals surface area contributed by atoms with E-state index in [1.807, 2.05) is 12.2 Å². The summed E-state index contributed by atoms with van der Waals surface area (Å²) in [7, 11) is 0. The molecule has 2 heteroatoms. The standard InChI is InChI=1S/C10H18NO/c1-3-5-11(6-4-2)7-9-12-10-8-11/h3-4H,1-2,5-10H2/q+1. The second-order valence-electron chi connectivity index (χ2n) is 3.34. The van der Waals surface area contributed by atoms with Crippen LogP contribution >= 0.6 is 0 Å². The maximum Gasteiger partial charge on any atom is 0.103 e. The van der Waals surface area contributed by atoms with Crippen LogP contribution in [-0.2, 0) is 4.74 Å². The van der Waals surface area contributed by atoms with Gasteiger partial charge in [-0.05, 0) is 12.2 Å². The molecule has 2 nitrogen and oxygen atoms in total. The third kappa shape index (κ3) is 2.19. The molecule has 1 saturated heterocycles. The van der Waals surface area contributed by atoms with Crippen molar-refractivity contribution in [3.05, 3.63) is 25.3 Å². The van der Waals surface area contributed by atoms with Gasteiger partial charge in [0.25, 0.3) is 0 Å². The molecule has 1 aliphatic rings. The van der Waals surface area contributed by atoms with Crippen molar-refractivity contribution in [3.8, 4) is 0 Å². The van der Waals surface area contributed by atoms with Crippen LogP contribution in [0.3, 0.4) is 0 Å². The lowest BCUT2D eigenvalue weighted by Gasteiger charge is -2.39. The zero-order valence-corrected chi connectivity index (χ0v) is 7.67. The van der Waals surface area contributed by atoms with Crippen molar-refractivity contribution >= 4 is 0 Å². The van der Waals surface area contributed by atoms with Crippen molar-refractivity contribution in [2.75, 3.05) is 39.4 Å². The van der Waals surface area contributed by atoms with E-state index in [1.165, 1.54) is 0 Å². The van der Waals surface area contributed by atoms with Gasteiger partial charge in [0.2, 0.25) is 0 Å². The summed E-state index contributed by atoms with van der Waals surface area (Å²) in [6.07, 6.45) is 3.99. The zero-order valence-electron chi connectivity index (χ0n) is 7.67. The molecule has 1 fully saturated rings. The van der Waals surface area contributed by atoms with Crippen molar-refractivity contribution in [1.29, 1.82) is 0 Å². The van der Waals surface area contributed by atoms with Gasteiger partial charge in [-0.3, -0.25) is 0 Å². The second kappa shape index (κ2) is 4.43. The molecule has 0 spiro atoms. The van der Waals surface area contributed by atoms with Crippen molar-refractivity contribution in [1.82, 2.24) is 0 Å². The minimum absolute atomic E-state index is 0.877. The molecule has 0 aromatic heterocycles. The first-order chi connectivity index (χ1) is 5.83. The summed E-state index contributed by atoms with van der Waals surface area (Å²) < 4.78 is 6.41. The van der Waals surface area contributed by atoms with Gasteiger partial charge < -0.3 is 9.22 Å². The van der Waals surface area contributed by atoms with E-state index in [0.29, 0.717) is 0 Å². The smallest absolute Gasteiger partial charge is 0.103 e. The van der Waals surface area contributed by atoms with E-state index in [1.54, 1.807) is 0 Å². The van der Waals surface area contributed by atoms with Gasteiger partial charge in [0.1, 0.15) is 13.1 Å². The van der Waals surface area contributed by atoms with E-state index in [9.17, 15) is 0 Å². The quantitative estimate of drug-likeness (QED) is 0.453. The summed E-state index contributed by atoms with van der Waals surface area (Å²) in [6.45, 7) is 13.6. The Kier molecular flexibility index (Phi) is 3.50. The zero-order chi connectivity index (χ0) is 8.86. The maximum absolute atomic E-state index is 5.33. The molecule has 0 aromatic rings. The van der Waals surface area contributed by atoms with Crippen LogP contribution in [0.2, 0.25) is 0 Å². The number of nitrogens with zero attached hydrogens (tertiary/aromatic N) is 1. The summed E-state index contributed by atoms with van der Waals surface area (Å²) in [5.41, 5.74) is 0. The Labute approximate surface area is 74.7 Å². The van der Waals surface area contributed by atoms with E-state index in [-0.39, 0.29) is 0 Å². The van der Waals surface area contributed by atoms with Gasteiger partial charge in [-0.1, -0.05) is 13.2 Å². The molecule has 0 bridgehead atoms. The molecule has 0 N–H and O–H groups in total. The highest BCUT2D eigenvalue weighted by atomic mass is 16.5. The Bertz CT molecular complexity index is 147. The maximum atomic E-state index is 5.33. The number of morpholine rings is 1. The average molecular weight is 168 g/mol. The van der Waals surface area contributed by atoms with Crippen LogP contribution in [0.4, 0.5) is 0 Å². The molecule has 0 unspecified atom stereocenters. The van der Waals surface area contributed by atoms with E-state index in [0.717, 1.165) is 43.9 Å². The van der Waals surface area contributed by atoms with E-state index >= 15 is 0 Å². The molecule has 12 heavy (non-hydrogen) atoms. The van der Waals surface area contributed by atoms with Crippen molar-refractivity contribution < 1.29 is 9.22 Å². The normalized spacial score (nSPS) is 21.7. The van der Waals surface area contributed by atoms with Gasteiger partial charge >= 0.3 is 0 Å². The number of rotatable bonds is 4. The van der Waals surface area contributed by atoms with E-state index in [4.69, 9.17) is 4.74 Å². The Morgan fingerprint density at radius 2 is 1.58 bits per heavy atom. The molecule has 1 aliphatic heterocycles. The molecule has 1 heterocycles. The minimum atomic E-state index is 0.877. The van der Waals surface area contributed by atoms with Crippen LogP contribution in [0.1, 0.15) is 0 Å². The fourth-order valence-corrected chi connectivity index (χ4v) is 1.72. The van der Waals surface area contributed by atoms with Crippen LogP contribution in [-0.4, -0.2) is 43.9 Å². The lowest BCUT2D eigenvalue weighted by atomic mass is 10.3. The SMILES string of the molecule is C=CC[N+]1(CC=C)CCOCC1. The van der Waals surface area contributed by atoms with Gasteiger partial charge in [0, 0.05) is 0 Å². The van der Waals surface area contributed by atoms with Crippen molar-refractivity contribution in [3.63, 3.8) is 0 Å². The first kappa shape index (κ1) is 9.49. The van der Waals surface area contributed by atoms with Crippen LogP contribution in [0, 0.1) is 0 Å². The van der Waals surface area contributed by atoms with Crippen LogP contribution < -0.4 is 0 Å². The molecular weight excluding hydrogens is 150 g/mol. The predicted octanol–water partition coefficient (Wildman–Crippen LogP) is 1.21. The third-order valence-corrected chi connectivity index (χ3v) is 2.45. The fraction of sp³-hybridized carbons (Fsp3) is 0.600. The molecule has 0 aromatic carbocycles. The molecule has 0 saturated carbocycles. The summed E-state index contributed by atoms with van der Waals surface area (Å²) in [4.78, 5) is 0.